The smallest absolute Gasteiger partial charge is 0.176 e. The van der Waals surface area contributed by atoms with Crippen molar-refractivity contribution < 1.29 is 9.90 Å². The van der Waals surface area contributed by atoms with Crippen LogP contribution in [0.4, 0.5) is 0 Å². The van der Waals surface area contributed by atoms with Gasteiger partial charge in [-0.15, -0.1) is 0 Å². The first-order valence-electron chi connectivity index (χ1n) is 7.10. The minimum Gasteiger partial charge on any atom is -0.392 e. The molecule has 5 nitrogen and oxygen atoms in total. The molecule has 0 amide bonds. The Labute approximate surface area is 125 Å². The number of nitrogens with zero attached hydrogens (tertiary/aromatic N) is 3. The molecule has 1 aromatic carbocycles. The SMILES string of the molecule is CN(C)CC1CC(O)CN1CC(=O)c1ccc(C#N)cc1. The maximum absolute atomic E-state index is 12.3. The number of benzene rings is 1. The van der Waals surface area contributed by atoms with Gasteiger partial charge in [-0.2, -0.15) is 5.26 Å². The lowest BCUT2D eigenvalue weighted by atomic mass is 10.1. The van der Waals surface area contributed by atoms with E-state index in [4.69, 9.17) is 5.26 Å². The zero-order valence-electron chi connectivity index (χ0n) is 12.5. The molecule has 1 aliphatic heterocycles. The number of rotatable bonds is 5. The number of carbonyl (C=O) groups is 1. The number of nitriles is 1. The number of likely N-dealkylation sites (N-methyl/N-ethyl adjacent to an activating group) is 1. The van der Waals surface area contributed by atoms with E-state index in [1.807, 2.05) is 25.1 Å². The van der Waals surface area contributed by atoms with Gasteiger partial charge < -0.3 is 10.0 Å². The average Bonchev–Trinajstić information content (AvgIpc) is 2.77. The summed E-state index contributed by atoms with van der Waals surface area (Å²) in [4.78, 5) is 16.4. The van der Waals surface area contributed by atoms with Gasteiger partial charge in [0.25, 0.3) is 0 Å². The molecule has 0 spiro atoms. The van der Waals surface area contributed by atoms with Gasteiger partial charge in [0.05, 0.1) is 24.3 Å². The molecule has 1 heterocycles. The van der Waals surface area contributed by atoms with Crippen molar-refractivity contribution in [1.82, 2.24) is 9.80 Å². The van der Waals surface area contributed by atoms with Crippen molar-refractivity contribution in [3.05, 3.63) is 35.4 Å². The highest BCUT2D eigenvalue weighted by Crippen LogP contribution is 2.19. The molecular weight excluding hydrogens is 266 g/mol. The Morgan fingerprint density at radius 1 is 1.43 bits per heavy atom. The maximum Gasteiger partial charge on any atom is 0.176 e. The van der Waals surface area contributed by atoms with E-state index in [9.17, 15) is 9.90 Å². The van der Waals surface area contributed by atoms with Crippen LogP contribution in [0.15, 0.2) is 24.3 Å². The Morgan fingerprint density at radius 2 is 2.10 bits per heavy atom. The molecule has 1 saturated heterocycles. The number of hydrogen-bond donors (Lipinski definition) is 1. The summed E-state index contributed by atoms with van der Waals surface area (Å²) in [6.07, 6.45) is 0.350. The fraction of sp³-hybridized carbons (Fsp3) is 0.500. The molecule has 0 aromatic heterocycles. The number of aliphatic hydroxyl groups is 1. The normalized spacial score (nSPS) is 22.4. The second-order valence-corrected chi connectivity index (χ2v) is 5.85. The van der Waals surface area contributed by atoms with Gasteiger partial charge in [-0.1, -0.05) is 12.1 Å². The molecule has 5 heteroatoms. The number of Topliss-reactive ketones (excluding diaryl/α,β-unsaturated/α-hetero) is 1. The van der Waals surface area contributed by atoms with Crippen LogP contribution in [-0.2, 0) is 0 Å². The van der Waals surface area contributed by atoms with Crippen LogP contribution < -0.4 is 0 Å². The molecule has 1 aromatic rings. The van der Waals surface area contributed by atoms with Crippen LogP contribution >= 0.6 is 0 Å². The monoisotopic (exact) mass is 287 g/mol. The molecule has 21 heavy (non-hydrogen) atoms. The summed E-state index contributed by atoms with van der Waals surface area (Å²) >= 11 is 0. The summed E-state index contributed by atoms with van der Waals surface area (Å²) in [5.41, 5.74) is 1.16. The third kappa shape index (κ3) is 4.11. The molecule has 0 radical (unpaired) electrons. The van der Waals surface area contributed by atoms with Gasteiger partial charge in [0.15, 0.2) is 5.78 Å². The minimum absolute atomic E-state index is 0.0253. The Bertz CT molecular complexity index is 533. The number of likely N-dealkylation sites (tertiary alicyclic amines) is 1. The quantitative estimate of drug-likeness (QED) is 0.809. The highest BCUT2D eigenvalue weighted by Gasteiger charge is 2.32. The average molecular weight is 287 g/mol. The molecule has 0 saturated carbocycles. The van der Waals surface area contributed by atoms with Crippen molar-refractivity contribution in [2.45, 2.75) is 18.6 Å². The van der Waals surface area contributed by atoms with Crippen LogP contribution in [0.25, 0.3) is 0 Å². The highest BCUT2D eigenvalue weighted by atomic mass is 16.3. The number of aliphatic hydroxyl groups excluding tert-OH is 1. The lowest BCUT2D eigenvalue weighted by molar-refractivity contribution is 0.0902. The summed E-state index contributed by atoms with van der Waals surface area (Å²) in [5, 5.41) is 18.6. The van der Waals surface area contributed by atoms with Crippen molar-refractivity contribution in [2.24, 2.45) is 0 Å². The molecule has 0 bridgehead atoms. The predicted molar refractivity (Wildman–Crippen MR) is 80.0 cm³/mol. The first-order chi connectivity index (χ1) is 9.99. The molecule has 0 aliphatic carbocycles. The van der Waals surface area contributed by atoms with Gasteiger partial charge in [0.1, 0.15) is 0 Å². The number of carbonyl (C=O) groups excluding carboxylic acids is 1. The highest BCUT2D eigenvalue weighted by molar-refractivity contribution is 5.97. The Hall–Kier alpha value is -1.74. The molecule has 2 unspecified atom stereocenters. The number of ketones is 1. The van der Waals surface area contributed by atoms with Crippen LogP contribution in [0, 0.1) is 11.3 Å². The van der Waals surface area contributed by atoms with Crippen LogP contribution in [0.5, 0.6) is 0 Å². The summed E-state index contributed by atoms with van der Waals surface area (Å²) in [6.45, 7) is 1.68. The van der Waals surface area contributed by atoms with E-state index in [1.165, 1.54) is 0 Å². The van der Waals surface area contributed by atoms with Crippen molar-refractivity contribution in [3.63, 3.8) is 0 Å². The van der Waals surface area contributed by atoms with Gasteiger partial charge in [0.2, 0.25) is 0 Å². The summed E-state index contributed by atoms with van der Waals surface area (Å²) in [6, 6.07) is 8.94. The first kappa shape index (κ1) is 15.6. The first-order valence-corrected chi connectivity index (χ1v) is 7.10. The molecule has 2 rings (SSSR count). The second-order valence-electron chi connectivity index (χ2n) is 5.85. The molecule has 1 fully saturated rings. The Kier molecular flexibility index (Phi) is 5.07. The molecular formula is C16H21N3O2. The largest absolute Gasteiger partial charge is 0.392 e. The summed E-state index contributed by atoms with van der Waals surface area (Å²) in [5.74, 6) is 0.0253. The molecule has 1 N–H and O–H groups in total. The van der Waals surface area contributed by atoms with E-state index in [1.54, 1.807) is 24.3 Å². The molecule has 112 valence electrons. The lowest BCUT2D eigenvalue weighted by Gasteiger charge is -2.25. The minimum atomic E-state index is -0.358. The van der Waals surface area contributed by atoms with E-state index in [2.05, 4.69) is 4.90 Å². The fourth-order valence-electron chi connectivity index (χ4n) is 2.77. The zero-order chi connectivity index (χ0) is 15.4. The maximum atomic E-state index is 12.3. The zero-order valence-corrected chi connectivity index (χ0v) is 12.5. The summed E-state index contributed by atoms with van der Waals surface area (Å²) < 4.78 is 0. The van der Waals surface area contributed by atoms with Gasteiger partial charge in [-0.05, 0) is 32.6 Å². The third-order valence-corrected chi connectivity index (χ3v) is 3.76. The number of β-amino-alcohol motifs (C(OH)–C–C–N with tert-alkyl or cyclic N) is 1. The van der Waals surface area contributed by atoms with Crippen LogP contribution in [0.1, 0.15) is 22.3 Å². The van der Waals surface area contributed by atoms with E-state index in [-0.39, 0.29) is 17.9 Å². The van der Waals surface area contributed by atoms with Crippen molar-refractivity contribution >= 4 is 5.78 Å². The van der Waals surface area contributed by atoms with Gasteiger partial charge >= 0.3 is 0 Å². The van der Waals surface area contributed by atoms with E-state index in [0.717, 1.165) is 6.54 Å². The van der Waals surface area contributed by atoms with Crippen LogP contribution in [-0.4, -0.2) is 66.6 Å². The van der Waals surface area contributed by atoms with Crippen molar-refractivity contribution in [3.8, 4) is 6.07 Å². The van der Waals surface area contributed by atoms with Crippen molar-refractivity contribution in [1.29, 1.82) is 5.26 Å². The fourth-order valence-corrected chi connectivity index (χ4v) is 2.77. The molecule has 2 atom stereocenters. The Morgan fingerprint density at radius 3 is 2.67 bits per heavy atom. The summed E-state index contributed by atoms with van der Waals surface area (Å²) in [7, 11) is 3.98. The van der Waals surface area contributed by atoms with Crippen LogP contribution in [0.3, 0.4) is 0 Å². The van der Waals surface area contributed by atoms with Gasteiger partial charge in [-0.3, -0.25) is 9.69 Å². The van der Waals surface area contributed by atoms with Crippen molar-refractivity contribution in [2.75, 3.05) is 33.7 Å². The van der Waals surface area contributed by atoms with Gasteiger partial charge in [-0.25, -0.2) is 0 Å². The Balaban J connectivity index is 2.01. The van der Waals surface area contributed by atoms with Gasteiger partial charge in [0, 0.05) is 24.7 Å². The third-order valence-electron chi connectivity index (χ3n) is 3.76. The van der Waals surface area contributed by atoms with E-state index in [0.29, 0.717) is 30.6 Å². The van der Waals surface area contributed by atoms with E-state index >= 15 is 0 Å². The number of hydrogen-bond acceptors (Lipinski definition) is 5. The molecule has 1 aliphatic rings. The standard InChI is InChI=1S/C16H21N3O2/c1-18(2)9-14-7-15(20)10-19(14)11-16(21)13-5-3-12(8-17)4-6-13/h3-6,14-15,20H,7,9-11H2,1-2H3. The van der Waals surface area contributed by atoms with E-state index < -0.39 is 0 Å². The second kappa shape index (κ2) is 6.81. The van der Waals surface area contributed by atoms with Crippen LogP contribution in [0.2, 0.25) is 0 Å². The lowest BCUT2D eigenvalue weighted by Crippen LogP contribution is -2.40. The predicted octanol–water partition coefficient (Wildman–Crippen LogP) is 0.738. The topological polar surface area (TPSA) is 67.6 Å².